The molecule has 1 amide bonds. The molecule has 23 heavy (non-hydrogen) atoms. The first-order valence-corrected chi connectivity index (χ1v) is 8.11. The van der Waals surface area contributed by atoms with Crippen molar-refractivity contribution in [3.63, 3.8) is 0 Å². The third kappa shape index (κ3) is 4.71. The van der Waals surface area contributed by atoms with Crippen molar-refractivity contribution in [2.75, 3.05) is 7.11 Å². The van der Waals surface area contributed by atoms with Gasteiger partial charge in [0, 0.05) is 6.42 Å². The summed E-state index contributed by atoms with van der Waals surface area (Å²) in [6.45, 7) is 2.00. The average molecular weight is 319 g/mol. The van der Waals surface area contributed by atoms with Crippen molar-refractivity contribution in [1.82, 2.24) is 5.32 Å². The fraction of sp³-hybridized carbons (Fsp3) is 0.556. The highest BCUT2D eigenvalue weighted by Crippen LogP contribution is 2.33. The standard InChI is InChI=1S/C18H25NO4/c1-13(14-5-7-15(23-2)8-6-14)11-16(20)19-18(12-17(21)22)9-3-4-10-18/h5-8,13H,3-4,9-12H2,1-2H3,(H,19,20)(H,21,22). The number of nitrogens with one attached hydrogen (secondary N) is 1. The van der Waals surface area contributed by atoms with Gasteiger partial charge in [-0.25, -0.2) is 0 Å². The van der Waals surface area contributed by atoms with E-state index in [-0.39, 0.29) is 18.2 Å². The molecule has 5 heteroatoms. The number of aliphatic carboxylic acids is 1. The number of hydrogen-bond acceptors (Lipinski definition) is 3. The lowest BCUT2D eigenvalue weighted by Gasteiger charge is -2.29. The Hall–Kier alpha value is -2.04. The monoisotopic (exact) mass is 319 g/mol. The molecular weight excluding hydrogens is 294 g/mol. The number of carbonyl (C=O) groups excluding carboxylic acids is 1. The minimum atomic E-state index is -0.851. The van der Waals surface area contributed by atoms with Crippen LogP contribution in [0.1, 0.15) is 56.9 Å². The van der Waals surface area contributed by atoms with Crippen LogP contribution in [0, 0.1) is 0 Å². The van der Waals surface area contributed by atoms with E-state index in [4.69, 9.17) is 9.84 Å². The molecule has 0 aliphatic heterocycles. The summed E-state index contributed by atoms with van der Waals surface area (Å²) in [6.07, 6.45) is 3.82. The first-order valence-electron chi connectivity index (χ1n) is 8.11. The number of carboxylic acid groups (broad SMARTS) is 1. The van der Waals surface area contributed by atoms with Crippen LogP contribution in [-0.2, 0) is 9.59 Å². The second kappa shape index (κ2) is 7.49. The van der Waals surface area contributed by atoms with Gasteiger partial charge in [-0.1, -0.05) is 31.9 Å². The van der Waals surface area contributed by atoms with Crippen LogP contribution in [0.25, 0.3) is 0 Å². The highest BCUT2D eigenvalue weighted by atomic mass is 16.5. The Morgan fingerprint density at radius 2 is 1.87 bits per heavy atom. The Bertz CT molecular complexity index is 547. The fourth-order valence-electron chi connectivity index (χ4n) is 3.36. The van der Waals surface area contributed by atoms with E-state index in [9.17, 15) is 9.59 Å². The summed E-state index contributed by atoms with van der Waals surface area (Å²) in [4.78, 5) is 23.4. The van der Waals surface area contributed by atoms with Crippen LogP contribution in [-0.4, -0.2) is 29.6 Å². The largest absolute Gasteiger partial charge is 0.497 e. The van der Waals surface area contributed by atoms with Crippen LogP contribution >= 0.6 is 0 Å². The SMILES string of the molecule is COc1ccc(C(C)CC(=O)NC2(CC(=O)O)CCCC2)cc1. The maximum Gasteiger partial charge on any atom is 0.305 e. The van der Waals surface area contributed by atoms with Crippen molar-refractivity contribution in [3.05, 3.63) is 29.8 Å². The molecule has 0 bridgehead atoms. The maximum atomic E-state index is 12.4. The quantitative estimate of drug-likeness (QED) is 0.810. The smallest absolute Gasteiger partial charge is 0.305 e. The Morgan fingerprint density at radius 1 is 1.26 bits per heavy atom. The molecule has 2 N–H and O–H groups in total. The summed E-state index contributed by atoms with van der Waals surface area (Å²) in [7, 11) is 1.62. The molecule has 1 atom stereocenters. The molecule has 0 saturated heterocycles. The van der Waals surface area contributed by atoms with Crippen LogP contribution in [0.15, 0.2) is 24.3 Å². The second-order valence-electron chi connectivity index (χ2n) is 6.48. The van der Waals surface area contributed by atoms with Gasteiger partial charge in [0.15, 0.2) is 0 Å². The first kappa shape index (κ1) is 17.3. The van der Waals surface area contributed by atoms with E-state index in [1.165, 1.54) is 0 Å². The molecule has 1 aliphatic rings. The fourth-order valence-corrected chi connectivity index (χ4v) is 3.36. The summed E-state index contributed by atoms with van der Waals surface area (Å²) >= 11 is 0. The van der Waals surface area contributed by atoms with E-state index >= 15 is 0 Å². The number of benzene rings is 1. The second-order valence-corrected chi connectivity index (χ2v) is 6.48. The average Bonchev–Trinajstić information content (AvgIpc) is 2.94. The summed E-state index contributed by atoms with van der Waals surface area (Å²) in [5.41, 5.74) is 0.516. The Morgan fingerprint density at radius 3 is 2.39 bits per heavy atom. The molecule has 1 saturated carbocycles. The number of rotatable bonds is 7. The van der Waals surface area contributed by atoms with Crippen molar-refractivity contribution in [2.45, 2.75) is 56.9 Å². The highest BCUT2D eigenvalue weighted by molar-refractivity contribution is 5.79. The highest BCUT2D eigenvalue weighted by Gasteiger charge is 2.37. The zero-order chi connectivity index (χ0) is 16.9. The van der Waals surface area contributed by atoms with Gasteiger partial charge < -0.3 is 15.2 Å². The van der Waals surface area contributed by atoms with Crippen molar-refractivity contribution in [1.29, 1.82) is 0 Å². The Labute approximate surface area is 137 Å². The Kier molecular flexibility index (Phi) is 5.64. The zero-order valence-electron chi connectivity index (χ0n) is 13.8. The van der Waals surface area contributed by atoms with Crippen molar-refractivity contribution in [3.8, 4) is 5.75 Å². The van der Waals surface area contributed by atoms with Crippen LogP contribution in [0.2, 0.25) is 0 Å². The minimum absolute atomic E-state index is 0.00958. The number of methoxy groups -OCH3 is 1. The number of carboxylic acids is 1. The lowest BCUT2D eigenvalue weighted by atomic mass is 9.91. The predicted molar refractivity (Wildman–Crippen MR) is 87.6 cm³/mol. The third-order valence-electron chi connectivity index (χ3n) is 4.63. The number of carbonyl (C=O) groups is 2. The Balaban J connectivity index is 1.95. The number of ether oxygens (including phenoxy) is 1. The molecule has 0 spiro atoms. The van der Waals surface area contributed by atoms with E-state index in [1.54, 1.807) is 7.11 Å². The molecule has 1 fully saturated rings. The van der Waals surface area contributed by atoms with Gasteiger partial charge >= 0.3 is 5.97 Å². The molecule has 0 aromatic heterocycles. The van der Waals surface area contributed by atoms with E-state index < -0.39 is 11.5 Å². The topological polar surface area (TPSA) is 75.6 Å². The molecule has 0 heterocycles. The molecule has 2 rings (SSSR count). The van der Waals surface area contributed by atoms with Gasteiger partial charge in [-0.2, -0.15) is 0 Å². The molecule has 1 aromatic carbocycles. The minimum Gasteiger partial charge on any atom is -0.497 e. The summed E-state index contributed by atoms with van der Waals surface area (Å²) in [6, 6.07) is 7.68. The number of hydrogen-bond donors (Lipinski definition) is 2. The van der Waals surface area contributed by atoms with Gasteiger partial charge in [-0.05, 0) is 36.5 Å². The van der Waals surface area contributed by atoms with E-state index in [0.29, 0.717) is 6.42 Å². The summed E-state index contributed by atoms with van der Waals surface area (Å²) in [5, 5.41) is 12.1. The van der Waals surface area contributed by atoms with Crippen molar-refractivity contribution < 1.29 is 19.4 Å². The van der Waals surface area contributed by atoms with Gasteiger partial charge in [0.05, 0.1) is 19.1 Å². The van der Waals surface area contributed by atoms with E-state index in [2.05, 4.69) is 5.32 Å². The van der Waals surface area contributed by atoms with Gasteiger partial charge in [0.2, 0.25) is 5.91 Å². The molecule has 1 unspecified atom stereocenters. The normalized spacial score (nSPS) is 17.5. The molecule has 0 radical (unpaired) electrons. The van der Waals surface area contributed by atoms with Crippen molar-refractivity contribution >= 4 is 11.9 Å². The van der Waals surface area contributed by atoms with E-state index in [1.807, 2.05) is 31.2 Å². The lowest BCUT2D eigenvalue weighted by molar-refractivity contribution is -0.139. The summed E-state index contributed by atoms with van der Waals surface area (Å²) in [5.74, 6) is -0.0622. The molecule has 1 aliphatic carbocycles. The van der Waals surface area contributed by atoms with Crippen LogP contribution in [0.5, 0.6) is 5.75 Å². The van der Waals surface area contributed by atoms with Crippen LogP contribution < -0.4 is 10.1 Å². The predicted octanol–water partition coefficient (Wildman–Crippen LogP) is 3.09. The molecule has 1 aromatic rings. The van der Waals surface area contributed by atoms with E-state index in [0.717, 1.165) is 37.0 Å². The maximum absolute atomic E-state index is 12.4. The molecule has 126 valence electrons. The van der Waals surface area contributed by atoms with Crippen LogP contribution in [0.3, 0.4) is 0 Å². The number of amides is 1. The zero-order valence-corrected chi connectivity index (χ0v) is 13.8. The van der Waals surface area contributed by atoms with Gasteiger partial charge in [0.1, 0.15) is 5.75 Å². The summed E-state index contributed by atoms with van der Waals surface area (Å²) < 4.78 is 5.13. The van der Waals surface area contributed by atoms with Gasteiger partial charge in [0.25, 0.3) is 0 Å². The van der Waals surface area contributed by atoms with Crippen molar-refractivity contribution in [2.24, 2.45) is 0 Å². The van der Waals surface area contributed by atoms with Gasteiger partial charge in [-0.15, -0.1) is 0 Å². The third-order valence-corrected chi connectivity index (χ3v) is 4.63. The van der Waals surface area contributed by atoms with Crippen LogP contribution in [0.4, 0.5) is 0 Å². The first-order chi connectivity index (χ1) is 10.9. The lowest BCUT2D eigenvalue weighted by Crippen LogP contribution is -2.48. The molecular formula is C18H25NO4. The van der Waals surface area contributed by atoms with Gasteiger partial charge in [-0.3, -0.25) is 9.59 Å². The molecule has 5 nitrogen and oxygen atoms in total.